The van der Waals surface area contributed by atoms with Gasteiger partial charge < -0.3 is 11.1 Å². The Kier molecular flexibility index (Phi) is 4.04. The van der Waals surface area contributed by atoms with Crippen molar-refractivity contribution in [1.82, 2.24) is 5.32 Å². The van der Waals surface area contributed by atoms with Gasteiger partial charge in [0.15, 0.2) is 0 Å². The molecule has 0 saturated heterocycles. The summed E-state index contributed by atoms with van der Waals surface area (Å²) < 4.78 is 0.855. The van der Waals surface area contributed by atoms with Crippen molar-refractivity contribution in [1.29, 1.82) is 0 Å². The molecule has 1 rings (SSSR count). The van der Waals surface area contributed by atoms with Crippen molar-refractivity contribution in [3.63, 3.8) is 0 Å². The first-order valence-electron chi connectivity index (χ1n) is 4.71. The summed E-state index contributed by atoms with van der Waals surface area (Å²) in [5.41, 5.74) is 5.42. The smallest absolute Gasteiger partial charge is 0.252 e. The van der Waals surface area contributed by atoms with Crippen LogP contribution in [-0.2, 0) is 0 Å². The van der Waals surface area contributed by atoms with Gasteiger partial charge in [0.2, 0.25) is 0 Å². The van der Waals surface area contributed by atoms with Crippen LogP contribution in [0.1, 0.15) is 24.2 Å². The molecular weight excluding hydrogens is 288 g/mol. The predicted octanol–water partition coefficient (Wildman–Crippen LogP) is 2.24. The minimum Gasteiger partial charge on any atom is -0.391 e. The number of amides is 1. The van der Waals surface area contributed by atoms with Crippen molar-refractivity contribution in [2.75, 3.05) is 0 Å². The molecule has 0 aliphatic rings. The first-order chi connectivity index (χ1) is 7.33. The van der Waals surface area contributed by atoms with Gasteiger partial charge >= 0.3 is 0 Å². The Morgan fingerprint density at radius 2 is 2.12 bits per heavy atom. The molecule has 0 fully saturated rings. The van der Waals surface area contributed by atoms with Crippen molar-refractivity contribution < 1.29 is 4.79 Å². The van der Waals surface area contributed by atoms with E-state index in [0.29, 0.717) is 5.56 Å². The normalized spacial score (nSPS) is 10.9. The average molecular weight is 301 g/mol. The second-order valence-electron chi connectivity index (χ2n) is 3.95. The Hall–Kier alpha value is -0.940. The highest BCUT2D eigenvalue weighted by molar-refractivity contribution is 9.10. The number of hydrogen-bond acceptors (Lipinski definition) is 2. The molecule has 0 aromatic heterocycles. The Morgan fingerprint density at radius 3 is 2.62 bits per heavy atom. The van der Waals surface area contributed by atoms with Crippen LogP contribution in [0.15, 0.2) is 28.7 Å². The minimum atomic E-state index is -0.686. The van der Waals surface area contributed by atoms with E-state index in [0.717, 1.165) is 4.47 Å². The van der Waals surface area contributed by atoms with Crippen molar-refractivity contribution in [3.8, 4) is 0 Å². The van der Waals surface area contributed by atoms with Crippen LogP contribution >= 0.6 is 28.1 Å². The molecule has 16 heavy (non-hydrogen) atoms. The second-order valence-corrected chi connectivity index (χ2v) is 5.31. The first-order valence-corrected chi connectivity index (χ1v) is 5.91. The monoisotopic (exact) mass is 300 g/mol. The third-order valence-corrected chi connectivity index (χ3v) is 3.13. The zero-order chi connectivity index (χ0) is 12.3. The highest BCUT2D eigenvalue weighted by Gasteiger charge is 2.24. The lowest BCUT2D eigenvalue weighted by atomic mass is 10.1. The van der Waals surface area contributed by atoms with E-state index >= 15 is 0 Å². The molecule has 3 N–H and O–H groups in total. The predicted molar refractivity (Wildman–Crippen MR) is 72.5 cm³/mol. The zero-order valence-corrected chi connectivity index (χ0v) is 11.5. The fourth-order valence-electron chi connectivity index (χ4n) is 1.05. The summed E-state index contributed by atoms with van der Waals surface area (Å²) in [6, 6.07) is 7.13. The summed E-state index contributed by atoms with van der Waals surface area (Å²) >= 11 is 8.19. The van der Waals surface area contributed by atoms with Crippen LogP contribution < -0.4 is 11.1 Å². The molecule has 86 valence electrons. The Labute approximate surface area is 109 Å². The summed E-state index contributed by atoms with van der Waals surface area (Å²) in [6.07, 6.45) is 0. The standard InChI is InChI=1S/C11H13BrN2OS/c1-11(2,10(13)16)14-9(15)7-4-3-5-8(12)6-7/h3-6H,1-2H3,(H2,13,16)(H,14,15). The lowest BCUT2D eigenvalue weighted by Crippen LogP contribution is -2.52. The van der Waals surface area contributed by atoms with E-state index in [9.17, 15) is 4.79 Å². The van der Waals surface area contributed by atoms with E-state index in [2.05, 4.69) is 21.2 Å². The molecule has 1 aromatic rings. The number of nitrogens with one attached hydrogen (secondary N) is 1. The quantitative estimate of drug-likeness (QED) is 0.842. The molecule has 0 bridgehead atoms. The van der Waals surface area contributed by atoms with Gasteiger partial charge in [0.1, 0.15) is 0 Å². The van der Waals surface area contributed by atoms with Crippen LogP contribution in [-0.4, -0.2) is 16.4 Å². The minimum absolute atomic E-state index is 0.195. The SMILES string of the molecule is CC(C)(NC(=O)c1cccc(Br)c1)C(N)=S. The van der Waals surface area contributed by atoms with Gasteiger partial charge in [-0.2, -0.15) is 0 Å². The van der Waals surface area contributed by atoms with Crippen molar-refractivity contribution >= 4 is 39.0 Å². The maximum atomic E-state index is 11.9. The summed E-state index contributed by atoms with van der Waals surface area (Å²) in [6.45, 7) is 3.54. The third kappa shape index (κ3) is 3.28. The second kappa shape index (κ2) is 4.93. The molecule has 0 radical (unpaired) electrons. The van der Waals surface area contributed by atoms with Crippen LogP contribution in [0.2, 0.25) is 0 Å². The molecule has 0 spiro atoms. The summed E-state index contributed by atoms with van der Waals surface area (Å²) in [5, 5.41) is 2.77. The Morgan fingerprint density at radius 1 is 1.50 bits per heavy atom. The fraction of sp³-hybridized carbons (Fsp3) is 0.273. The zero-order valence-electron chi connectivity index (χ0n) is 9.08. The summed E-state index contributed by atoms with van der Waals surface area (Å²) in [7, 11) is 0. The molecule has 0 saturated carbocycles. The molecule has 0 aliphatic carbocycles. The Balaban J connectivity index is 2.85. The molecule has 0 unspecified atom stereocenters. The number of thiocarbonyl (C=S) groups is 1. The van der Waals surface area contributed by atoms with Gasteiger partial charge in [0.25, 0.3) is 5.91 Å². The molecule has 0 atom stereocenters. The van der Waals surface area contributed by atoms with Crippen LogP contribution in [0.5, 0.6) is 0 Å². The highest BCUT2D eigenvalue weighted by Crippen LogP contribution is 2.12. The number of hydrogen-bond donors (Lipinski definition) is 2. The number of rotatable bonds is 3. The lowest BCUT2D eigenvalue weighted by Gasteiger charge is -2.24. The van der Waals surface area contributed by atoms with Gasteiger partial charge in [0.05, 0.1) is 10.5 Å². The number of carbonyl (C=O) groups is 1. The van der Waals surface area contributed by atoms with E-state index in [1.807, 2.05) is 6.07 Å². The molecule has 3 nitrogen and oxygen atoms in total. The molecule has 0 aliphatic heterocycles. The lowest BCUT2D eigenvalue weighted by molar-refractivity contribution is 0.0932. The van der Waals surface area contributed by atoms with Gasteiger partial charge in [-0.1, -0.05) is 34.2 Å². The summed E-state index contributed by atoms with van der Waals surface area (Å²) in [5.74, 6) is -0.195. The van der Waals surface area contributed by atoms with Crippen LogP contribution in [0.25, 0.3) is 0 Å². The van der Waals surface area contributed by atoms with Crippen molar-refractivity contribution in [2.24, 2.45) is 5.73 Å². The molecular formula is C11H13BrN2OS. The maximum Gasteiger partial charge on any atom is 0.252 e. The number of halogens is 1. The molecule has 1 amide bonds. The van der Waals surface area contributed by atoms with E-state index in [4.69, 9.17) is 18.0 Å². The van der Waals surface area contributed by atoms with Crippen LogP contribution in [0, 0.1) is 0 Å². The fourth-order valence-corrected chi connectivity index (χ4v) is 1.50. The molecule has 1 aromatic carbocycles. The van der Waals surface area contributed by atoms with Gasteiger partial charge in [0, 0.05) is 10.0 Å². The summed E-state index contributed by atoms with van der Waals surface area (Å²) in [4.78, 5) is 12.1. The average Bonchev–Trinajstić information content (AvgIpc) is 2.16. The number of carbonyl (C=O) groups excluding carboxylic acids is 1. The van der Waals surface area contributed by atoms with Gasteiger partial charge in [-0.25, -0.2) is 0 Å². The van der Waals surface area contributed by atoms with Crippen LogP contribution in [0.4, 0.5) is 0 Å². The van der Waals surface area contributed by atoms with E-state index in [1.54, 1.807) is 32.0 Å². The van der Waals surface area contributed by atoms with Crippen molar-refractivity contribution in [3.05, 3.63) is 34.3 Å². The largest absolute Gasteiger partial charge is 0.391 e. The first kappa shape index (κ1) is 13.1. The molecule has 0 heterocycles. The topological polar surface area (TPSA) is 55.1 Å². The number of nitrogens with two attached hydrogens (primary N) is 1. The highest BCUT2D eigenvalue weighted by atomic mass is 79.9. The van der Waals surface area contributed by atoms with Crippen molar-refractivity contribution in [2.45, 2.75) is 19.4 Å². The van der Waals surface area contributed by atoms with Crippen LogP contribution in [0.3, 0.4) is 0 Å². The van der Waals surface area contributed by atoms with Gasteiger partial charge in [-0.05, 0) is 32.0 Å². The van der Waals surface area contributed by atoms with E-state index in [-0.39, 0.29) is 10.9 Å². The maximum absolute atomic E-state index is 11.9. The number of benzene rings is 1. The Bertz CT molecular complexity index is 432. The van der Waals surface area contributed by atoms with Gasteiger partial charge in [-0.3, -0.25) is 4.79 Å². The molecule has 5 heteroatoms. The van der Waals surface area contributed by atoms with E-state index in [1.165, 1.54) is 0 Å². The van der Waals surface area contributed by atoms with Gasteiger partial charge in [-0.15, -0.1) is 0 Å². The third-order valence-electron chi connectivity index (χ3n) is 2.13. The van der Waals surface area contributed by atoms with E-state index < -0.39 is 5.54 Å².